The quantitative estimate of drug-likeness (QED) is 0.600. The lowest BCUT2D eigenvalue weighted by Gasteiger charge is -2.35. The maximum atomic E-state index is 13.3. The Morgan fingerprint density at radius 2 is 1.66 bits per heavy atom. The molecule has 1 aromatic carbocycles. The molecule has 0 aliphatic carbocycles. The summed E-state index contributed by atoms with van der Waals surface area (Å²) in [7, 11) is -2.61. The lowest BCUT2D eigenvalue weighted by atomic mass is 9.96. The van der Waals surface area contributed by atoms with Crippen molar-refractivity contribution < 1.29 is 22.7 Å². The Hall–Kier alpha value is -1.97. The van der Waals surface area contributed by atoms with Gasteiger partial charge in [-0.25, -0.2) is 13.2 Å². The number of hydrogen-bond acceptors (Lipinski definition) is 6. The standard InChI is InChI=1S/C23H33N3O5S/c1-31-23(28)20-8-2-3-9-21(20)32(29,30)25-15-10-18(11-16-25)22(27)26-14-6-7-19(26)17-24-12-4-5-13-24/h2-3,8-9,18-19H,4-7,10-17H2,1H3. The number of carbonyl (C=O) groups is 2. The van der Waals surface area contributed by atoms with Crippen molar-refractivity contribution in [2.45, 2.75) is 49.5 Å². The third-order valence-corrected chi connectivity index (χ3v) is 9.00. The maximum absolute atomic E-state index is 13.3. The first-order valence-electron chi connectivity index (χ1n) is 11.6. The zero-order chi connectivity index (χ0) is 22.7. The maximum Gasteiger partial charge on any atom is 0.339 e. The number of piperidine rings is 1. The third-order valence-electron chi connectivity index (χ3n) is 7.04. The topological polar surface area (TPSA) is 87.2 Å². The highest BCUT2D eigenvalue weighted by Gasteiger charge is 2.38. The van der Waals surface area contributed by atoms with Crippen LogP contribution in [0.3, 0.4) is 0 Å². The fourth-order valence-corrected chi connectivity index (χ4v) is 6.92. The summed E-state index contributed by atoms with van der Waals surface area (Å²) in [4.78, 5) is 29.8. The highest BCUT2D eigenvalue weighted by molar-refractivity contribution is 7.89. The lowest BCUT2D eigenvalue weighted by molar-refractivity contribution is -0.137. The van der Waals surface area contributed by atoms with E-state index in [9.17, 15) is 18.0 Å². The Labute approximate surface area is 190 Å². The molecule has 3 heterocycles. The summed E-state index contributed by atoms with van der Waals surface area (Å²) in [6, 6.07) is 6.40. The average molecular weight is 464 g/mol. The first kappa shape index (κ1) is 23.2. The number of esters is 1. The van der Waals surface area contributed by atoms with E-state index in [1.807, 2.05) is 0 Å². The molecule has 1 unspecified atom stereocenters. The van der Waals surface area contributed by atoms with Gasteiger partial charge in [-0.05, 0) is 63.7 Å². The number of sulfonamides is 1. The van der Waals surface area contributed by atoms with E-state index in [4.69, 9.17) is 4.74 Å². The van der Waals surface area contributed by atoms with E-state index in [1.165, 1.54) is 36.4 Å². The van der Waals surface area contributed by atoms with E-state index in [0.717, 1.165) is 39.0 Å². The number of likely N-dealkylation sites (tertiary alicyclic amines) is 2. The van der Waals surface area contributed by atoms with E-state index in [-0.39, 0.29) is 41.4 Å². The van der Waals surface area contributed by atoms with Crippen molar-refractivity contribution in [1.29, 1.82) is 0 Å². The number of nitrogens with zero attached hydrogens (tertiary/aromatic N) is 3. The summed E-state index contributed by atoms with van der Waals surface area (Å²) < 4.78 is 32.6. The summed E-state index contributed by atoms with van der Waals surface area (Å²) in [6.45, 7) is 4.58. The van der Waals surface area contributed by atoms with Gasteiger partial charge in [0.05, 0.1) is 17.6 Å². The van der Waals surface area contributed by atoms with Crippen LogP contribution in [0, 0.1) is 5.92 Å². The van der Waals surface area contributed by atoms with Gasteiger partial charge in [0.15, 0.2) is 0 Å². The molecule has 1 atom stereocenters. The van der Waals surface area contributed by atoms with Gasteiger partial charge in [0.1, 0.15) is 0 Å². The SMILES string of the molecule is COC(=O)c1ccccc1S(=O)(=O)N1CCC(C(=O)N2CCCC2CN2CCCC2)CC1. The number of carbonyl (C=O) groups excluding carboxylic acids is 2. The number of methoxy groups -OCH3 is 1. The molecule has 1 amide bonds. The summed E-state index contributed by atoms with van der Waals surface area (Å²) in [6.07, 6.45) is 5.59. The third kappa shape index (κ3) is 4.70. The minimum absolute atomic E-state index is 0.0371. The molecule has 9 heteroatoms. The molecule has 3 aliphatic heterocycles. The predicted octanol–water partition coefficient (Wildman–Crippen LogP) is 1.96. The van der Waals surface area contributed by atoms with E-state index in [2.05, 4.69) is 9.80 Å². The first-order valence-corrected chi connectivity index (χ1v) is 13.1. The summed E-state index contributed by atoms with van der Waals surface area (Å²) in [5, 5.41) is 0. The summed E-state index contributed by atoms with van der Waals surface area (Å²) in [5.41, 5.74) is 0.0371. The van der Waals surface area contributed by atoms with Crippen LogP contribution >= 0.6 is 0 Å². The highest BCUT2D eigenvalue weighted by atomic mass is 32.2. The highest BCUT2D eigenvalue weighted by Crippen LogP contribution is 2.29. The van der Waals surface area contributed by atoms with Crippen LogP contribution in [-0.4, -0.2) is 86.8 Å². The van der Waals surface area contributed by atoms with Crippen LogP contribution in [0.4, 0.5) is 0 Å². The molecule has 3 saturated heterocycles. The molecule has 0 radical (unpaired) electrons. The molecule has 32 heavy (non-hydrogen) atoms. The van der Waals surface area contributed by atoms with Crippen LogP contribution < -0.4 is 0 Å². The monoisotopic (exact) mass is 463 g/mol. The van der Waals surface area contributed by atoms with E-state index >= 15 is 0 Å². The predicted molar refractivity (Wildman–Crippen MR) is 120 cm³/mol. The molecular weight excluding hydrogens is 430 g/mol. The van der Waals surface area contributed by atoms with Crippen LogP contribution in [0.5, 0.6) is 0 Å². The molecule has 0 N–H and O–H groups in total. The van der Waals surface area contributed by atoms with E-state index in [1.54, 1.807) is 12.1 Å². The molecule has 176 valence electrons. The fraction of sp³-hybridized carbons (Fsp3) is 0.652. The summed E-state index contributed by atoms with van der Waals surface area (Å²) >= 11 is 0. The molecule has 3 aliphatic rings. The average Bonchev–Trinajstić information content (AvgIpc) is 3.51. The second-order valence-electron chi connectivity index (χ2n) is 9.00. The van der Waals surface area contributed by atoms with Crippen molar-refractivity contribution >= 4 is 21.9 Å². The van der Waals surface area contributed by atoms with Gasteiger partial charge in [-0.2, -0.15) is 4.31 Å². The molecule has 4 rings (SSSR count). The smallest absolute Gasteiger partial charge is 0.339 e. The van der Waals surface area contributed by atoms with Gasteiger partial charge in [-0.3, -0.25) is 4.79 Å². The molecule has 0 aromatic heterocycles. The Kier molecular flexibility index (Phi) is 7.17. The van der Waals surface area contributed by atoms with E-state index in [0.29, 0.717) is 12.8 Å². The van der Waals surface area contributed by atoms with Crippen molar-refractivity contribution in [3.05, 3.63) is 29.8 Å². The Bertz CT molecular complexity index is 937. The van der Waals surface area contributed by atoms with Gasteiger partial charge in [0.25, 0.3) is 0 Å². The molecule has 3 fully saturated rings. The molecule has 0 spiro atoms. The molecule has 0 bridgehead atoms. The van der Waals surface area contributed by atoms with Crippen LogP contribution in [0.2, 0.25) is 0 Å². The van der Waals surface area contributed by atoms with Crippen LogP contribution in [0.15, 0.2) is 29.2 Å². The van der Waals surface area contributed by atoms with Crippen molar-refractivity contribution in [1.82, 2.24) is 14.1 Å². The fourth-order valence-electron chi connectivity index (χ4n) is 5.27. The van der Waals surface area contributed by atoms with Crippen LogP contribution in [0.1, 0.15) is 48.9 Å². The number of hydrogen-bond donors (Lipinski definition) is 0. The van der Waals surface area contributed by atoms with E-state index < -0.39 is 16.0 Å². The van der Waals surface area contributed by atoms with Crippen molar-refractivity contribution in [3.63, 3.8) is 0 Å². The normalized spacial score (nSPS) is 23.5. The second kappa shape index (κ2) is 9.89. The first-order chi connectivity index (χ1) is 15.4. The largest absolute Gasteiger partial charge is 0.465 e. The number of ether oxygens (including phenoxy) is 1. The van der Waals surface area contributed by atoms with Gasteiger partial charge in [0, 0.05) is 38.1 Å². The van der Waals surface area contributed by atoms with Gasteiger partial charge >= 0.3 is 5.97 Å². The zero-order valence-electron chi connectivity index (χ0n) is 18.7. The summed E-state index contributed by atoms with van der Waals surface area (Å²) in [5.74, 6) is -0.637. The van der Waals surface area contributed by atoms with Gasteiger partial charge < -0.3 is 14.5 Å². The van der Waals surface area contributed by atoms with Gasteiger partial charge in [-0.15, -0.1) is 0 Å². The van der Waals surface area contributed by atoms with Crippen molar-refractivity contribution in [2.75, 3.05) is 46.4 Å². The molecular formula is C23H33N3O5S. The Morgan fingerprint density at radius 3 is 2.34 bits per heavy atom. The molecule has 1 aromatic rings. The minimum atomic E-state index is -3.84. The van der Waals surface area contributed by atoms with Crippen molar-refractivity contribution in [2.24, 2.45) is 5.92 Å². The van der Waals surface area contributed by atoms with Crippen LogP contribution in [0.25, 0.3) is 0 Å². The Balaban J connectivity index is 1.39. The molecule has 0 saturated carbocycles. The zero-order valence-corrected chi connectivity index (χ0v) is 19.6. The van der Waals surface area contributed by atoms with Crippen molar-refractivity contribution in [3.8, 4) is 0 Å². The second-order valence-corrected chi connectivity index (χ2v) is 10.9. The van der Waals surface area contributed by atoms with Gasteiger partial charge in [0.2, 0.25) is 15.9 Å². The van der Waals surface area contributed by atoms with Gasteiger partial charge in [-0.1, -0.05) is 12.1 Å². The van der Waals surface area contributed by atoms with Crippen LogP contribution in [-0.2, 0) is 19.6 Å². The Morgan fingerprint density at radius 1 is 0.969 bits per heavy atom. The number of amides is 1. The molecule has 8 nitrogen and oxygen atoms in total. The minimum Gasteiger partial charge on any atom is -0.465 e. The lowest BCUT2D eigenvalue weighted by Crippen LogP contribution is -2.48. The number of rotatable bonds is 6. The number of benzene rings is 1.